The number of aromatic amines is 2. The number of H-pyrrole nitrogens is 2. The fourth-order valence-electron chi connectivity index (χ4n) is 4.91. The van der Waals surface area contributed by atoms with Crippen molar-refractivity contribution < 1.29 is 14.6 Å². The molecule has 0 radical (unpaired) electrons. The summed E-state index contributed by atoms with van der Waals surface area (Å²) in [4.78, 5) is 28.3. The number of rotatable bonds is 7. The Hall–Kier alpha value is -3.32. The van der Waals surface area contributed by atoms with Gasteiger partial charge in [0.2, 0.25) is 0 Å². The molecule has 1 aromatic heterocycles. The second kappa shape index (κ2) is 9.27. The van der Waals surface area contributed by atoms with Gasteiger partial charge in [0.25, 0.3) is 5.56 Å². The van der Waals surface area contributed by atoms with Crippen LogP contribution in [0.5, 0.6) is 0 Å². The Morgan fingerprint density at radius 3 is 2.39 bits per heavy atom. The minimum absolute atomic E-state index is 0.107. The molecule has 0 spiro atoms. The summed E-state index contributed by atoms with van der Waals surface area (Å²) in [6.45, 7) is 7.69. The zero-order chi connectivity index (χ0) is 23.6. The summed E-state index contributed by atoms with van der Waals surface area (Å²) in [6, 6.07) is 17.3. The molecule has 3 atom stereocenters. The average molecular weight is 450 g/mol. The van der Waals surface area contributed by atoms with Crippen LogP contribution in [0.3, 0.4) is 0 Å². The van der Waals surface area contributed by atoms with Gasteiger partial charge in [-0.2, -0.15) is 0 Å². The molecule has 3 aromatic rings. The Kier molecular flexibility index (Phi) is 6.42. The predicted molar refractivity (Wildman–Crippen MR) is 127 cm³/mol. The molecular formula is C26H31N3O4. The van der Waals surface area contributed by atoms with Gasteiger partial charge in [-0.25, -0.2) is 0 Å². The lowest BCUT2D eigenvalue weighted by atomic mass is 9.66. The maximum Gasteiger partial charge on any atom is 0.313 e. The minimum atomic E-state index is -1.39. The number of hydrogen-bond acceptors (Lipinski definition) is 5. The Labute approximate surface area is 193 Å². The van der Waals surface area contributed by atoms with Crippen molar-refractivity contribution in [3.63, 3.8) is 0 Å². The first-order valence-electron chi connectivity index (χ1n) is 11.4. The number of aromatic nitrogens is 2. The van der Waals surface area contributed by atoms with Gasteiger partial charge in [0.15, 0.2) is 0 Å². The van der Waals surface area contributed by atoms with E-state index in [0.29, 0.717) is 11.3 Å². The van der Waals surface area contributed by atoms with Crippen molar-refractivity contribution >= 4 is 11.7 Å². The number of fused-ring (bicyclic) bond motifs is 1. The molecule has 1 aliphatic carbocycles. The first kappa shape index (κ1) is 22.9. The van der Waals surface area contributed by atoms with Crippen molar-refractivity contribution in [2.75, 3.05) is 18.0 Å². The summed E-state index contributed by atoms with van der Waals surface area (Å²) in [5.41, 5.74) is 2.15. The molecule has 7 nitrogen and oxygen atoms in total. The third kappa shape index (κ3) is 4.46. The highest BCUT2D eigenvalue weighted by Gasteiger charge is 2.51. The molecule has 7 heteroatoms. The van der Waals surface area contributed by atoms with Crippen molar-refractivity contribution in [2.24, 2.45) is 5.92 Å². The topological polar surface area (TPSA) is 98.4 Å². The molecule has 0 unspecified atom stereocenters. The molecule has 2 aromatic carbocycles. The molecule has 4 rings (SSSR count). The maximum atomic E-state index is 13.4. The molecule has 1 aliphatic rings. The molecule has 174 valence electrons. The smallest absolute Gasteiger partial charge is 0.313 e. The van der Waals surface area contributed by atoms with Crippen LogP contribution >= 0.6 is 0 Å². The number of nitrogens with zero attached hydrogens (tertiary/aromatic N) is 1. The lowest BCUT2D eigenvalue weighted by molar-refractivity contribution is -0.161. The molecule has 3 N–H and O–H groups in total. The van der Waals surface area contributed by atoms with Gasteiger partial charge in [-0.1, -0.05) is 42.5 Å². The van der Waals surface area contributed by atoms with E-state index in [9.17, 15) is 14.7 Å². The molecule has 0 fully saturated rings. The Balaban J connectivity index is 1.72. The summed E-state index contributed by atoms with van der Waals surface area (Å²) in [5.74, 6) is -2.08. The van der Waals surface area contributed by atoms with Crippen LogP contribution in [0, 0.1) is 5.92 Å². The van der Waals surface area contributed by atoms with Crippen LogP contribution in [0.1, 0.15) is 49.1 Å². The summed E-state index contributed by atoms with van der Waals surface area (Å²) >= 11 is 0. The number of carbonyl (C=O) groups excluding carboxylic acids is 1. The number of carbonyl (C=O) groups is 1. The van der Waals surface area contributed by atoms with Crippen molar-refractivity contribution in [3.8, 4) is 0 Å². The fourth-order valence-corrected chi connectivity index (χ4v) is 4.91. The predicted octanol–water partition coefficient (Wildman–Crippen LogP) is 3.35. The molecular weight excluding hydrogens is 418 g/mol. The van der Waals surface area contributed by atoms with Crippen molar-refractivity contribution in [1.82, 2.24) is 10.2 Å². The normalized spacial score (nSPS) is 21.9. The molecule has 0 amide bonds. The second-order valence-electron chi connectivity index (χ2n) is 8.82. The number of aliphatic hydroxyl groups is 1. The van der Waals surface area contributed by atoms with Crippen LogP contribution in [0.25, 0.3) is 0 Å². The van der Waals surface area contributed by atoms with E-state index in [0.717, 1.165) is 29.9 Å². The largest absolute Gasteiger partial charge is 0.460 e. The van der Waals surface area contributed by atoms with Gasteiger partial charge in [0.1, 0.15) is 6.61 Å². The van der Waals surface area contributed by atoms with E-state index in [1.165, 1.54) is 0 Å². The van der Waals surface area contributed by atoms with E-state index in [4.69, 9.17) is 4.74 Å². The van der Waals surface area contributed by atoms with E-state index in [1.54, 1.807) is 6.92 Å². The summed E-state index contributed by atoms with van der Waals surface area (Å²) in [6.07, 6.45) is 0.153. The zero-order valence-corrected chi connectivity index (χ0v) is 19.3. The van der Waals surface area contributed by atoms with E-state index in [2.05, 4.69) is 28.9 Å². The lowest BCUT2D eigenvalue weighted by Crippen LogP contribution is -2.50. The third-order valence-electron chi connectivity index (χ3n) is 6.60. The average Bonchev–Trinajstić information content (AvgIpc) is 3.17. The van der Waals surface area contributed by atoms with Gasteiger partial charge in [-0.15, -0.1) is 0 Å². The highest BCUT2D eigenvalue weighted by atomic mass is 16.5. The van der Waals surface area contributed by atoms with Gasteiger partial charge in [-0.05, 0) is 44.0 Å². The van der Waals surface area contributed by atoms with Crippen molar-refractivity contribution in [3.05, 3.63) is 87.3 Å². The van der Waals surface area contributed by atoms with Crippen LogP contribution in [0.2, 0.25) is 0 Å². The van der Waals surface area contributed by atoms with E-state index in [1.807, 2.05) is 54.6 Å². The number of hydrogen-bond donors (Lipinski definition) is 3. The molecule has 0 bridgehead atoms. The molecule has 33 heavy (non-hydrogen) atoms. The Morgan fingerprint density at radius 2 is 1.76 bits per heavy atom. The van der Waals surface area contributed by atoms with Gasteiger partial charge in [-0.3, -0.25) is 14.7 Å². The second-order valence-corrected chi connectivity index (χ2v) is 8.82. The Bertz CT molecular complexity index is 1140. The first-order valence-corrected chi connectivity index (χ1v) is 11.4. The molecule has 0 aliphatic heterocycles. The molecule has 0 saturated heterocycles. The van der Waals surface area contributed by atoms with Crippen LogP contribution in [-0.4, -0.2) is 40.0 Å². The van der Waals surface area contributed by atoms with Gasteiger partial charge in [0, 0.05) is 42.4 Å². The summed E-state index contributed by atoms with van der Waals surface area (Å²) in [5, 5.41) is 16.9. The number of ether oxygens (including phenoxy) is 1. The lowest BCUT2D eigenvalue weighted by Gasteiger charge is -2.40. The monoisotopic (exact) mass is 449 g/mol. The minimum Gasteiger partial charge on any atom is -0.460 e. The number of anilines is 1. The van der Waals surface area contributed by atoms with Crippen molar-refractivity contribution in [2.45, 2.75) is 45.3 Å². The first-order chi connectivity index (χ1) is 15.9. The summed E-state index contributed by atoms with van der Waals surface area (Å²) < 4.78 is 5.65. The van der Waals surface area contributed by atoms with E-state index in [-0.39, 0.29) is 18.6 Å². The van der Waals surface area contributed by atoms with Crippen molar-refractivity contribution in [1.29, 1.82) is 0 Å². The third-order valence-corrected chi connectivity index (χ3v) is 6.60. The van der Waals surface area contributed by atoms with Crippen LogP contribution in [0.15, 0.2) is 59.4 Å². The Morgan fingerprint density at radius 1 is 1.09 bits per heavy atom. The van der Waals surface area contributed by atoms with Crippen LogP contribution in [-0.2, 0) is 22.6 Å². The van der Waals surface area contributed by atoms with E-state index < -0.39 is 23.4 Å². The highest BCUT2D eigenvalue weighted by Crippen LogP contribution is 2.44. The standard InChI is InChI=1S/C26H31N3O4/c1-4-29(5-2)19-13-11-18(12-14-19)21-22-20(27-28-24(22)30)15-26(3,32)23(21)25(31)33-16-17-9-7-6-8-10-17/h6-14,21,23,32H,4-5,15-16H2,1-3H3,(H2,27,28,30)/t21-,23+,26-/m1/s1. The molecule has 1 heterocycles. The van der Waals surface area contributed by atoms with Gasteiger partial charge in [0.05, 0.1) is 11.5 Å². The number of benzene rings is 2. The van der Waals surface area contributed by atoms with Gasteiger partial charge < -0.3 is 19.8 Å². The SMILES string of the molecule is CCN(CC)c1ccc([C@@H]2c3c([nH][nH]c3=O)C[C@@](C)(O)[C@@H]2C(=O)OCc2ccccc2)cc1. The van der Waals surface area contributed by atoms with Crippen LogP contribution < -0.4 is 10.5 Å². The fraction of sp³-hybridized carbons (Fsp3) is 0.385. The van der Waals surface area contributed by atoms with E-state index >= 15 is 0 Å². The maximum absolute atomic E-state index is 13.4. The molecule has 0 saturated carbocycles. The zero-order valence-electron chi connectivity index (χ0n) is 19.3. The van der Waals surface area contributed by atoms with Crippen LogP contribution in [0.4, 0.5) is 5.69 Å². The number of esters is 1. The highest BCUT2D eigenvalue weighted by molar-refractivity contribution is 5.77. The number of nitrogens with one attached hydrogen (secondary N) is 2. The van der Waals surface area contributed by atoms with Gasteiger partial charge >= 0.3 is 5.97 Å². The summed E-state index contributed by atoms with van der Waals surface area (Å²) in [7, 11) is 0. The quantitative estimate of drug-likeness (QED) is 0.481.